The number of piperazine rings is 1. The highest BCUT2D eigenvalue weighted by molar-refractivity contribution is 4.82. The molecule has 1 N–H and O–H groups in total. The number of nitrogens with zero attached hydrogens (tertiary/aromatic N) is 2. The van der Waals surface area contributed by atoms with Gasteiger partial charge < -0.3 is 15.1 Å². The van der Waals surface area contributed by atoms with Crippen molar-refractivity contribution in [3.8, 4) is 0 Å². The van der Waals surface area contributed by atoms with Crippen molar-refractivity contribution >= 4 is 0 Å². The van der Waals surface area contributed by atoms with Crippen LogP contribution in [0.3, 0.4) is 0 Å². The SMILES string of the molecule is CC(C)CN1CCN(CC(C)C2CNC2)CC1. The van der Waals surface area contributed by atoms with Gasteiger partial charge in [-0.05, 0) is 30.8 Å². The fraction of sp³-hybridized carbons (Fsp3) is 1.00. The van der Waals surface area contributed by atoms with Crippen molar-refractivity contribution in [2.24, 2.45) is 17.8 Å². The quantitative estimate of drug-likeness (QED) is 0.775. The van der Waals surface area contributed by atoms with Crippen molar-refractivity contribution in [3.63, 3.8) is 0 Å². The first kappa shape index (κ1) is 13.3. The molecule has 3 heteroatoms. The molecule has 0 aliphatic carbocycles. The molecular weight excluding hydrogens is 210 g/mol. The molecule has 2 fully saturated rings. The van der Waals surface area contributed by atoms with Crippen molar-refractivity contribution in [1.82, 2.24) is 15.1 Å². The molecule has 0 aromatic rings. The summed E-state index contributed by atoms with van der Waals surface area (Å²) < 4.78 is 0. The van der Waals surface area contributed by atoms with E-state index in [9.17, 15) is 0 Å². The Hall–Kier alpha value is -0.120. The Morgan fingerprint density at radius 1 is 0.941 bits per heavy atom. The molecule has 0 bridgehead atoms. The maximum atomic E-state index is 3.38. The molecule has 2 aliphatic heterocycles. The van der Waals surface area contributed by atoms with Gasteiger partial charge in [0.05, 0.1) is 0 Å². The molecule has 17 heavy (non-hydrogen) atoms. The van der Waals surface area contributed by atoms with E-state index in [0.29, 0.717) is 0 Å². The van der Waals surface area contributed by atoms with E-state index >= 15 is 0 Å². The molecule has 0 aromatic carbocycles. The standard InChI is InChI=1S/C14H29N3/c1-12(2)10-16-4-6-17(7-5-16)11-13(3)14-8-15-9-14/h12-15H,4-11H2,1-3H3. The van der Waals surface area contributed by atoms with Crippen LogP contribution in [0.1, 0.15) is 20.8 Å². The van der Waals surface area contributed by atoms with Crippen LogP contribution < -0.4 is 5.32 Å². The summed E-state index contributed by atoms with van der Waals surface area (Å²) in [5.41, 5.74) is 0. The number of nitrogens with one attached hydrogen (secondary N) is 1. The zero-order valence-corrected chi connectivity index (χ0v) is 11.8. The largest absolute Gasteiger partial charge is 0.316 e. The van der Waals surface area contributed by atoms with E-state index in [4.69, 9.17) is 0 Å². The molecule has 1 atom stereocenters. The smallest absolute Gasteiger partial charge is 0.0110 e. The third-order valence-electron chi connectivity index (χ3n) is 4.25. The second-order valence-corrected chi connectivity index (χ2v) is 6.39. The summed E-state index contributed by atoms with van der Waals surface area (Å²) in [5, 5.41) is 3.38. The Bertz CT molecular complexity index is 218. The average molecular weight is 239 g/mol. The van der Waals surface area contributed by atoms with Gasteiger partial charge in [-0.3, -0.25) is 0 Å². The predicted octanol–water partition coefficient (Wildman–Crippen LogP) is 1.12. The normalized spacial score (nSPS) is 26.1. The van der Waals surface area contributed by atoms with Crippen LogP contribution in [-0.2, 0) is 0 Å². The van der Waals surface area contributed by atoms with Crippen molar-refractivity contribution in [3.05, 3.63) is 0 Å². The van der Waals surface area contributed by atoms with Gasteiger partial charge in [0.2, 0.25) is 0 Å². The molecule has 2 saturated heterocycles. The van der Waals surface area contributed by atoms with Crippen LogP contribution in [0.4, 0.5) is 0 Å². The van der Waals surface area contributed by atoms with E-state index in [1.54, 1.807) is 0 Å². The molecule has 0 aromatic heterocycles. The summed E-state index contributed by atoms with van der Waals surface area (Å²) in [6, 6.07) is 0. The van der Waals surface area contributed by atoms with Crippen molar-refractivity contribution in [1.29, 1.82) is 0 Å². The number of hydrogen-bond donors (Lipinski definition) is 1. The van der Waals surface area contributed by atoms with Crippen LogP contribution in [0.15, 0.2) is 0 Å². The number of hydrogen-bond acceptors (Lipinski definition) is 3. The summed E-state index contributed by atoms with van der Waals surface area (Å²) in [6.45, 7) is 17.2. The molecule has 100 valence electrons. The molecule has 3 nitrogen and oxygen atoms in total. The van der Waals surface area contributed by atoms with Crippen LogP contribution in [0.5, 0.6) is 0 Å². The molecule has 0 spiro atoms. The minimum atomic E-state index is 0.807. The third kappa shape index (κ3) is 3.94. The summed E-state index contributed by atoms with van der Waals surface area (Å²) in [6.07, 6.45) is 0. The van der Waals surface area contributed by atoms with E-state index in [0.717, 1.165) is 17.8 Å². The number of rotatable bonds is 5. The van der Waals surface area contributed by atoms with Crippen LogP contribution in [0.25, 0.3) is 0 Å². The highest BCUT2D eigenvalue weighted by Gasteiger charge is 2.26. The summed E-state index contributed by atoms with van der Waals surface area (Å²) >= 11 is 0. The molecule has 2 aliphatic rings. The van der Waals surface area contributed by atoms with Gasteiger partial charge in [-0.25, -0.2) is 0 Å². The maximum absolute atomic E-state index is 3.38. The first-order chi connectivity index (χ1) is 8.15. The molecular formula is C14H29N3. The molecule has 1 unspecified atom stereocenters. The predicted molar refractivity (Wildman–Crippen MR) is 73.2 cm³/mol. The van der Waals surface area contributed by atoms with Gasteiger partial charge in [-0.15, -0.1) is 0 Å². The summed E-state index contributed by atoms with van der Waals surface area (Å²) in [5.74, 6) is 2.61. The molecule has 2 heterocycles. The Morgan fingerprint density at radius 3 is 1.88 bits per heavy atom. The monoisotopic (exact) mass is 239 g/mol. The Labute approximate surface area is 107 Å². The van der Waals surface area contributed by atoms with Crippen LogP contribution in [-0.4, -0.2) is 62.2 Å². The maximum Gasteiger partial charge on any atom is 0.0110 e. The van der Waals surface area contributed by atoms with Crippen LogP contribution >= 0.6 is 0 Å². The lowest BCUT2D eigenvalue weighted by Gasteiger charge is -2.40. The van der Waals surface area contributed by atoms with Crippen molar-refractivity contribution in [2.75, 3.05) is 52.4 Å². The lowest BCUT2D eigenvalue weighted by atomic mass is 9.88. The first-order valence-electron chi connectivity index (χ1n) is 7.30. The van der Waals surface area contributed by atoms with E-state index in [-0.39, 0.29) is 0 Å². The molecule has 0 radical (unpaired) electrons. The van der Waals surface area contributed by atoms with E-state index in [1.165, 1.54) is 52.4 Å². The van der Waals surface area contributed by atoms with Gasteiger partial charge in [0.25, 0.3) is 0 Å². The molecule has 2 rings (SSSR count). The molecule has 0 saturated carbocycles. The Morgan fingerprint density at radius 2 is 1.47 bits per heavy atom. The Kier molecular flexibility index (Phi) is 4.83. The van der Waals surface area contributed by atoms with Gasteiger partial charge in [0.1, 0.15) is 0 Å². The fourth-order valence-electron chi connectivity index (χ4n) is 2.94. The zero-order chi connectivity index (χ0) is 12.3. The van der Waals surface area contributed by atoms with Crippen LogP contribution in [0, 0.1) is 17.8 Å². The van der Waals surface area contributed by atoms with E-state index < -0.39 is 0 Å². The second-order valence-electron chi connectivity index (χ2n) is 6.39. The highest BCUT2D eigenvalue weighted by Crippen LogP contribution is 2.18. The van der Waals surface area contributed by atoms with Crippen LogP contribution in [0.2, 0.25) is 0 Å². The van der Waals surface area contributed by atoms with E-state index in [1.807, 2.05) is 0 Å². The third-order valence-corrected chi connectivity index (χ3v) is 4.25. The van der Waals surface area contributed by atoms with Gasteiger partial charge in [-0.1, -0.05) is 20.8 Å². The van der Waals surface area contributed by atoms with Crippen molar-refractivity contribution < 1.29 is 0 Å². The molecule has 0 amide bonds. The highest BCUT2D eigenvalue weighted by atomic mass is 15.3. The van der Waals surface area contributed by atoms with Gasteiger partial charge in [0.15, 0.2) is 0 Å². The minimum absolute atomic E-state index is 0.807. The van der Waals surface area contributed by atoms with Gasteiger partial charge in [0, 0.05) is 39.3 Å². The topological polar surface area (TPSA) is 18.5 Å². The lowest BCUT2D eigenvalue weighted by molar-refractivity contribution is 0.0934. The Balaban J connectivity index is 1.64. The van der Waals surface area contributed by atoms with Gasteiger partial charge >= 0.3 is 0 Å². The van der Waals surface area contributed by atoms with E-state index in [2.05, 4.69) is 35.9 Å². The van der Waals surface area contributed by atoms with Gasteiger partial charge in [-0.2, -0.15) is 0 Å². The average Bonchev–Trinajstić information content (AvgIpc) is 2.17. The second kappa shape index (κ2) is 6.17. The summed E-state index contributed by atoms with van der Waals surface area (Å²) in [7, 11) is 0. The van der Waals surface area contributed by atoms with Crippen molar-refractivity contribution in [2.45, 2.75) is 20.8 Å². The first-order valence-corrected chi connectivity index (χ1v) is 7.30. The lowest BCUT2D eigenvalue weighted by Crippen LogP contribution is -2.52. The fourth-order valence-corrected chi connectivity index (χ4v) is 2.94. The summed E-state index contributed by atoms with van der Waals surface area (Å²) in [4.78, 5) is 5.29. The zero-order valence-electron chi connectivity index (χ0n) is 11.8. The minimum Gasteiger partial charge on any atom is -0.316 e.